The molecule has 1 amide bonds. The van der Waals surface area contributed by atoms with Crippen molar-refractivity contribution in [2.45, 2.75) is 30.7 Å². The third kappa shape index (κ3) is 2.71. The predicted octanol–water partition coefficient (Wildman–Crippen LogP) is 3.62. The van der Waals surface area contributed by atoms with Crippen molar-refractivity contribution in [2.24, 2.45) is 0 Å². The van der Waals surface area contributed by atoms with Gasteiger partial charge < -0.3 is 10.0 Å². The lowest BCUT2D eigenvalue weighted by Crippen LogP contribution is -2.56. The number of para-hydroxylation sites is 1. The second-order valence-electron chi connectivity index (χ2n) is 8.68. The summed E-state index contributed by atoms with van der Waals surface area (Å²) in [6, 6.07) is 28.9. The van der Waals surface area contributed by atoms with E-state index in [1.54, 1.807) is 10.9 Å². The zero-order valence-electron chi connectivity index (χ0n) is 17.9. The van der Waals surface area contributed by atoms with Crippen molar-refractivity contribution in [2.75, 3.05) is 4.90 Å². The molecular weight excluding hydrogens is 414 g/mol. The molecule has 33 heavy (non-hydrogen) atoms. The highest BCUT2D eigenvalue weighted by molar-refractivity contribution is 6.08. The minimum Gasteiger partial charge on any atom is -0.372 e. The van der Waals surface area contributed by atoms with Crippen molar-refractivity contribution in [3.8, 4) is 0 Å². The largest absolute Gasteiger partial charge is 0.372 e. The summed E-state index contributed by atoms with van der Waals surface area (Å²) in [6.45, 7) is 0.425. The Kier molecular flexibility index (Phi) is 4.38. The fourth-order valence-corrected chi connectivity index (χ4v) is 5.61. The maximum Gasteiger partial charge on any atom is 0.269 e. The van der Waals surface area contributed by atoms with Gasteiger partial charge in [0.1, 0.15) is 6.23 Å². The van der Waals surface area contributed by atoms with Crippen LogP contribution in [0.25, 0.3) is 0 Å². The number of hydrogen-bond donors (Lipinski definition) is 1. The molecule has 0 bridgehead atoms. The number of carbonyl (C=O) groups is 1. The van der Waals surface area contributed by atoms with Gasteiger partial charge in [-0.05, 0) is 17.2 Å². The molecule has 3 aromatic carbocycles. The van der Waals surface area contributed by atoms with E-state index in [0.29, 0.717) is 6.54 Å². The van der Waals surface area contributed by atoms with Gasteiger partial charge in [0.05, 0.1) is 12.2 Å². The third-order valence-corrected chi connectivity index (χ3v) is 6.97. The zero-order chi connectivity index (χ0) is 22.6. The number of carbonyl (C=O) groups excluding carboxylic acids is 1. The maximum absolute atomic E-state index is 14.5. The highest BCUT2D eigenvalue weighted by atomic mass is 16.3. The highest BCUT2D eigenvalue weighted by Gasteiger charge is 2.60. The van der Waals surface area contributed by atoms with Gasteiger partial charge in [-0.15, -0.1) is 0 Å². The molecule has 3 heterocycles. The van der Waals surface area contributed by atoms with Gasteiger partial charge in [0.2, 0.25) is 0 Å². The molecular formula is C27H23N3O3. The molecule has 1 N–H and O–H groups in total. The number of fused-ring (bicyclic) bond motifs is 4. The quantitative estimate of drug-likeness (QED) is 0.532. The molecule has 0 aliphatic carbocycles. The molecule has 6 rings (SSSR count). The third-order valence-electron chi connectivity index (χ3n) is 6.97. The summed E-state index contributed by atoms with van der Waals surface area (Å²) in [5.41, 5.74) is 2.16. The smallest absolute Gasteiger partial charge is 0.269 e. The number of hydrogen-bond acceptors (Lipinski definition) is 3. The number of aromatic nitrogens is 2. The van der Waals surface area contributed by atoms with Gasteiger partial charge in [-0.3, -0.25) is 14.3 Å². The molecule has 2 aliphatic rings. The molecule has 4 aromatic rings. The first-order chi connectivity index (χ1) is 16.1. The van der Waals surface area contributed by atoms with E-state index in [2.05, 4.69) is 0 Å². The molecule has 6 nitrogen and oxygen atoms in total. The average molecular weight is 437 g/mol. The summed E-state index contributed by atoms with van der Waals surface area (Å²) >= 11 is 0. The fraction of sp³-hybridized carbons (Fsp3) is 0.185. The summed E-state index contributed by atoms with van der Waals surface area (Å²) in [5.74, 6) is -0.451. The van der Waals surface area contributed by atoms with Crippen LogP contribution in [0.4, 0.5) is 5.69 Å². The molecule has 0 saturated heterocycles. The van der Waals surface area contributed by atoms with Crippen molar-refractivity contribution in [3.05, 3.63) is 124 Å². The molecule has 164 valence electrons. The Morgan fingerprint density at radius 2 is 1.52 bits per heavy atom. The van der Waals surface area contributed by atoms with Gasteiger partial charge in [-0.2, -0.15) is 0 Å². The van der Waals surface area contributed by atoms with Crippen molar-refractivity contribution in [3.63, 3.8) is 0 Å². The van der Waals surface area contributed by atoms with Crippen LogP contribution in [-0.2, 0) is 16.9 Å². The standard InChI is InChI=1S/C27H23N3O3/c31-24-15-16-29-27(22(17-25(32)30(24)29)20-11-5-2-6-12-20)21-13-7-8-14-23(21)28(26(27)33)18-19-9-3-1-4-10-19/h1-16,22,25,32H,17-18H2/t22-,25+,27+/m0/s1. The highest BCUT2D eigenvalue weighted by Crippen LogP contribution is 2.55. The van der Waals surface area contributed by atoms with Crippen LogP contribution >= 0.6 is 0 Å². The van der Waals surface area contributed by atoms with E-state index in [9.17, 15) is 14.7 Å². The summed E-state index contributed by atoms with van der Waals surface area (Å²) in [7, 11) is 0. The molecule has 0 radical (unpaired) electrons. The van der Waals surface area contributed by atoms with E-state index < -0.39 is 11.8 Å². The topological polar surface area (TPSA) is 67.5 Å². The van der Waals surface area contributed by atoms with E-state index in [-0.39, 0.29) is 23.8 Å². The summed E-state index contributed by atoms with van der Waals surface area (Å²) in [5, 5.41) is 11.0. The molecule has 1 spiro atoms. The molecule has 0 unspecified atom stereocenters. The van der Waals surface area contributed by atoms with Gasteiger partial charge in [-0.25, -0.2) is 4.68 Å². The molecule has 1 aromatic heterocycles. The van der Waals surface area contributed by atoms with Crippen LogP contribution in [0.2, 0.25) is 0 Å². The maximum atomic E-state index is 14.5. The Bertz CT molecular complexity index is 1390. The predicted molar refractivity (Wildman–Crippen MR) is 125 cm³/mol. The van der Waals surface area contributed by atoms with E-state index >= 15 is 0 Å². The Labute approximate surface area is 190 Å². The minimum absolute atomic E-state index is 0.0994. The van der Waals surface area contributed by atoms with Gasteiger partial charge in [0, 0.05) is 30.2 Å². The monoisotopic (exact) mass is 437 g/mol. The van der Waals surface area contributed by atoms with Crippen molar-refractivity contribution in [1.29, 1.82) is 0 Å². The first kappa shape index (κ1) is 19.8. The lowest BCUT2D eigenvalue weighted by Gasteiger charge is -2.44. The number of rotatable bonds is 3. The average Bonchev–Trinajstić information content (AvgIpc) is 3.35. The lowest BCUT2D eigenvalue weighted by molar-refractivity contribution is -0.130. The fourth-order valence-electron chi connectivity index (χ4n) is 5.61. The summed E-state index contributed by atoms with van der Waals surface area (Å²) < 4.78 is 2.99. The SMILES string of the molecule is O=C1N(Cc2ccccc2)c2ccccc2[C@@]12[C@H](c1ccccc1)C[C@@H](O)n1c(=O)ccn12. The van der Waals surface area contributed by atoms with Crippen LogP contribution in [0.5, 0.6) is 0 Å². The lowest BCUT2D eigenvalue weighted by atomic mass is 9.72. The van der Waals surface area contributed by atoms with Crippen LogP contribution in [0.1, 0.15) is 35.3 Å². The van der Waals surface area contributed by atoms with Gasteiger partial charge in [0.15, 0.2) is 5.54 Å². The van der Waals surface area contributed by atoms with E-state index in [0.717, 1.165) is 22.4 Å². The Morgan fingerprint density at radius 3 is 2.27 bits per heavy atom. The molecule has 6 heteroatoms. The Morgan fingerprint density at radius 1 is 0.848 bits per heavy atom. The normalized spacial score (nSPS) is 23.5. The van der Waals surface area contributed by atoms with Gasteiger partial charge in [-0.1, -0.05) is 78.9 Å². The Balaban J connectivity index is 1.63. The van der Waals surface area contributed by atoms with E-state index in [1.165, 1.54) is 10.7 Å². The van der Waals surface area contributed by atoms with E-state index in [4.69, 9.17) is 0 Å². The number of amides is 1. The van der Waals surface area contributed by atoms with Crippen LogP contribution in [0.15, 0.2) is 102 Å². The first-order valence-electron chi connectivity index (χ1n) is 11.1. The molecule has 2 aliphatic heterocycles. The van der Waals surface area contributed by atoms with Crippen molar-refractivity contribution < 1.29 is 9.90 Å². The number of aliphatic hydroxyl groups excluding tert-OH is 1. The van der Waals surface area contributed by atoms with Gasteiger partial charge >= 0.3 is 0 Å². The van der Waals surface area contributed by atoms with Crippen LogP contribution in [0, 0.1) is 0 Å². The number of benzene rings is 3. The zero-order valence-corrected chi connectivity index (χ0v) is 17.9. The number of aliphatic hydroxyl groups is 1. The molecule has 0 fully saturated rings. The van der Waals surface area contributed by atoms with Crippen molar-refractivity contribution >= 4 is 11.6 Å². The van der Waals surface area contributed by atoms with Crippen LogP contribution < -0.4 is 10.5 Å². The molecule has 0 saturated carbocycles. The number of anilines is 1. The second-order valence-corrected chi connectivity index (χ2v) is 8.68. The Hall–Kier alpha value is -3.90. The van der Waals surface area contributed by atoms with E-state index in [1.807, 2.05) is 89.8 Å². The molecule has 3 atom stereocenters. The number of nitrogens with zero attached hydrogens (tertiary/aromatic N) is 3. The second kappa shape index (κ2) is 7.32. The van der Waals surface area contributed by atoms with Gasteiger partial charge in [0.25, 0.3) is 11.5 Å². The first-order valence-corrected chi connectivity index (χ1v) is 11.1. The van der Waals surface area contributed by atoms with Crippen LogP contribution in [-0.4, -0.2) is 20.4 Å². The summed E-state index contributed by atoms with van der Waals surface area (Å²) in [6.07, 6.45) is 0.876. The minimum atomic E-state index is -1.17. The van der Waals surface area contributed by atoms with Crippen LogP contribution in [0.3, 0.4) is 0 Å². The summed E-state index contributed by atoms with van der Waals surface area (Å²) in [4.78, 5) is 29.0. The van der Waals surface area contributed by atoms with Crippen molar-refractivity contribution in [1.82, 2.24) is 9.36 Å².